The predicted octanol–water partition coefficient (Wildman–Crippen LogP) is 4.99. The van der Waals surface area contributed by atoms with Gasteiger partial charge in [0.15, 0.2) is 0 Å². The van der Waals surface area contributed by atoms with E-state index < -0.39 is 17.8 Å². The Balaban J connectivity index is 1.85. The highest BCUT2D eigenvalue weighted by Crippen LogP contribution is 2.29. The van der Waals surface area contributed by atoms with Crippen LogP contribution in [-0.2, 0) is 17.4 Å². The molecular formula is C24H24F3N3O. The van der Waals surface area contributed by atoms with Crippen LogP contribution in [0.5, 0.6) is 0 Å². The Morgan fingerprint density at radius 1 is 1.06 bits per heavy atom. The summed E-state index contributed by atoms with van der Waals surface area (Å²) in [5.74, 6) is -0.303. The lowest BCUT2D eigenvalue weighted by Gasteiger charge is -2.27. The number of anilines is 1. The molecule has 2 N–H and O–H groups in total. The topological polar surface area (TPSA) is 59.2 Å². The number of benzene rings is 2. The zero-order valence-electron chi connectivity index (χ0n) is 17.4. The van der Waals surface area contributed by atoms with E-state index in [4.69, 9.17) is 5.73 Å². The number of carbonyl (C=O) groups is 1. The van der Waals surface area contributed by atoms with Crippen molar-refractivity contribution in [3.05, 3.63) is 94.8 Å². The van der Waals surface area contributed by atoms with E-state index in [2.05, 4.69) is 4.98 Å². The van der Waals surface area contributed by atoms with E-state index in [1.54, 1.807) is 29.4 Å². The first-order chi connectivity index (χ1) is 14.7. The van der Waals surface area contributed by atoms with Crippen LogP contribution in [0.2, 0.25) is 0 Å². The quantitative estimate of drug-likeness (QED) is 0.603. The van der Waals surface area contributed by atoms with Crippen LogP contribution in [-0.4, -0.2) is 17.4 Å². The van der Waals surface area contributed by atoms with E-state index in [9.17, 15) is 18.0 Å². The highest BCUT2D eigenvalue weighted by molar-refractivity contribution is 5.97. The van der Waals surface area contributed by atoms with Crippen LogP contribution < -0.4 is 10.6 Å². The van der Waals surface area contributed by atoms with E-state index in [0.29, 0.717) is 23.2 Å². The summed E-state index contributed by atoms with van der Waals surface area (Å²) in [5.41, 5.74) is 9.63. The smallest absolute Gasteiger partial charge is 0.316 e. The molecule has 0 spiro atoms. The summed E-state index contributed by atoms with van der Waals surface area (Å²) in [6, 6.07) is 13.2. The molecule has 4 nitrogen and oxygen atoms in total. The third-order valence-electron chi connectivity index (χ3n) is 5.28. The maximum Gasteiger partial charge on any atom is 0.416 e. The highest BCUT2D eigenvalue weighted by atomic mass is 19.4. The number of aryl methyl sites for hydroxylation is 2. The van der Waals surface area contributed by atoms with Crippen molar-refractivity contribution in [3.8, 4) is 0 Å². The molecule has 0 saturated heterocycles. The number of hydrogen-bond acceptors (Lipinski definition) is 3. The second-order valence-electron chi connectivity index (χ2n) is 7.47. The fourth-order valence-electron chi connectivity index (χ4n) is 3.23. The molecule has 1 atom stereocenters. The molecule has 0 aliphatic rings. The minimum Gasteiger partial charge on any atom is -0.316 e. The zero-order valence-corrected chi connectivity index (χ0v) is 17.4. The van der Waals surface area contributed by atoms with Gasteiger partial charge >= 0.3 is 6.18 Å². The largest absolute Gasteiger partial charge is 0.416 e. The first-order valence-electron chi connectivity index (χ1n) is 9.87. The number of pyridine rings is 1. The van der Waals surface area contributed by atoms with Gasteiger partial charge in [0.1, 0.15) is 6.04 Å². The molecule has 0 aliphatic carbocycles. The maximum absolute atomic E-state index is 13.3. The van der Waals surface area contributed by atoms with E-state index in [1.807, 2.05) is 32.0 Å². The molecule has 1 amide bonds. The summed E-state index contributed by atoms with van der Waals surface area (Å²) in [5, 5.41) is 0. The van der Waals surface area contributed by atoms with Gasteiger partial charge in [-0.1, -0.05) is 24.3 Å². The number of carbonyl (C=O) groups excluding carboxylic acids is 1. The van der Waals surface area contributed by atoms with Gasteiger partial charge in [-0.25, -0.2) is 0 Å². The molecule has 0 radical (unpaired) electrons. The Morgan fingerprint density at radius 3 is 2.35 bits per heavy atom. The van der Waals surface area contributed by atoms with Gasteiger partial charge in [-0.3, -0.25) is 9.78 Å². The highest BCUT2D eigenvalue weighted by Gasteiger charge is 2.30. The lowest BCUT2D eigenvalue weighted by Crippen LogP contribution is -2.40. The summed E-state index contributed by atoms with van der Waals surface area (Å²) in [4.78, 5) is 18.9. The van der Waals surface area contributed by atoms with Crippen molar-refractivity contribution >= 4 is 11.6 Å². The van der Waals surface area contributed by atoms with Crippen LogP contribution in [0.3, 0.4) is 0 Å². The number of alkyl halides is 3. The molecule has 0 unspecified atom stereocenters. The average molecular weight is 427 g/mol. The molecular weight excluding hydrogens is 403 g/mol. The lowest BCUT2D eigenvalue weighted by atomic mass is 10.0. The second kappa shape index (κ2) is 9.31. The molecule has 0 saturated carbocycles. The van der Waals surface area contributed by atoms with Crippen molar-refractivity contribution in [2.45, 2.75) is 32.5 Å². The maximum atomic E-state index is 13.3. The number of rotatable bonds is 6. The molecule has 162 valence electrons. The Bertz CT molecular complexity index is 1030. The number of aromatic nitrogens is 1. The van der Waals surface area contributed by atoms with Gasteiger partial charge in [-0.2, -0.15) is 13.2 Å². The third-order valence-corrected chi connectivity index (χ3v) is 5.28. The van der Waals surface area contributed by atoms with Crippen molar-refractivity contribution in [1.82, 2.24) is 4.98 Å². The van der Waals surface area contributed by atoms with Crippen molar-refractivity contribution in [2.75, 3.05) is 11.4 Å². The van der Waals surface area contributed by atoms with Crippen LogP contribution in [0, 0.1) is 13.8 Å². The minimum absolute atomic E-state index is 0.278. The summed E-state index contributed by atoms with van der Waals surface area (Å²) in [7, 11) is 0. The molecule has 3 rings (SSSR count). The van der Waals surface area contributed by atoms with E-state index >= 15 is 0 Å². The zero-order chi connectivity index (χ0) is 22.6. The molecule has 7 heteroatoms. The molecule has 1 aromatic heterocycles. The lowest BCUT2D eigenvalue weighted by molar-refractivity contribution is -0.137. The normalized spacial score (nSPS) is 12.5. The number of nitrogens with zero attached hydrogens (tertiary/aromatic N) is 2. The van der Waals surface area contributed by atoms with Crippen molar-refractivity contribution in [2.24, 2.45) is 5.73 Å². The Morgan fingerprint density at radius 2 is 1.77 bits per heavy atom. The van der Waals surface area contributed by atoms with Crippen LogP contribution >= 0.6 is 0 Å². The SMILES string of the molecule is Cc1ccc(N(CCc2ccc(C(F)(F)F)cc2)C(=O)[C@H](N)c2cccnc2)cc1C. The average Bonchev–Trinajstić information content (AvgIpc) is 2.76. The third kappa shape index (κ3) is 5.49. The number of halogens is 3. The molecule has 1 heterocycles. The molecule has 31 heavy (non-hydrogen) atoms. The van der Waals surface area contributed by atoms with Crippen molar-refractivity contribution in [3.63, 3.8) is 0 Å². The van der Waals surface area contributed by atoms with Crippen molar-refractivity contribution in [1.29, 1.82) is 0 Å². The summed E-state index contributed by atoms with van der Waals surface area (Å²) in [6.07, 6.45) is -0.837. The fraction of sp³-hybridized carbons (Fsp3) is 0.250. The molecule has 2 aromatic carbocycles. The monoisotopic (exact) mass is 427 g/mol. The molecule has 0 bridgehead atoms. The van der Waals surface area contributed by atoms with Crippen LogP contribution in [0.25, 0.3) is 0 Å². The van der Waals surface area contributed by atoms with E-state index in [-0.39, 0.29) is 12.5 Å². The first kappa shape index (κ1) is 22.5. The van der Waals surface area contributed by atoms with Gasteiger partial charge in [0.25, 0.3) is 0 Å². The van der Waals surface area contributed by atoms with Crippen molar-refractivity contribution < 1.29 is 18.0 Å². The van der Waals surface area contributed by atoms with Gasteiger partial charge in [-0.15, -0.1) is 0 Å². The summed E-state index contributed by atoms with van der Waals surface area (Å²) >= 11 is 0. The van der Waals surface area contributed by atoms with Crippen LogP contribution in [0.1, 0.15) is 33.9 Å². The van der Waals surface area contributed by atoms with Crippen LogP contribution in [0.4, 0.5) is 18.9 Å². The standard InChI is InChI=1S/C24H24F3N3O/c1-16-5-10-21(14-17(16)2)30(23(31)22(28)19-4-3-12-29-15-19)13-11-18-6-8-20(9-7-18)24(25,26)27/h3-10,12,14-15,22H,11,13,28H2,1-2H3/t22-/m1/s1. The Labute approximate surface area is 179 Å². The van der Waals surface area contributed by atoms with E-state index in [0.717, 1.165) is 23.3 Å². The number of hydrogen-bond donors (Lipinski definition) is 1. The predicted molar refractivity (Wildman–Crippen MR) is 115 cm³/mol. The number of amides is 1. The first-order valence-corrected chi connectivity index (χ1v) is 9.87. The second-order valence-corrected chi connectivity index (χ2v) is 7.47. The Kier molecular flexibility index (Phi) is 6.75. The van der Waals surface area contributed by atoms with Gasteiger partial charge in [0.05, 0.1) is 5.56 Å². The van der Waals surface area contributed by atoms with Crippen LogP contribution in [0.15, 0.2) is 67.0 Å². The van der Waals surface area contributed by atoms with E-state index in [1.165, 1.54) is 12.1 Å². The van der Waals surface area contributed by atoms with Gasteiger partial charge in [-0.05, 0) is 72.9 Å². The Hall–Kier alpha value is -3.19. The summed E-state index contributed by atoms with van der Waals surface area (Å²) in [6.45, 7) is 4.22. The van der Waals surface area contributed by atoms with Gasteiger partial charge in [0.2, 0.25) is 5.91 Å². The minimum atomic E-state index is -4.38. The number of nitrogens with two attached hydrogens (primary N) is 1. The summed E-state index contributed by atoms with van der Waals surface area (Å²) < 4.78 is 38.4. The van der Waals surface area contributed by atoms with Gasteiger partial charge in [0, 0.05) is 24.6 Å². The molecule has 0 fully saturated rings. The van der Waals surface area contributed by atoms with Gasteiger partial charge < -0.3 is 10.6 Å². The fourth-order valence-corrected chi connectivity index (χ4v) is 3.23. The molecule has 0 aliphatic heterocycles. The molecule has 3 aromatic rings.